The van der Waals surface area contributed by atoms with Crippen molar-refractivity contribution in [1.82, 2.24) is 0 Å². The number of hydrogen-bond donors (Lipinski definition) is 2. The Morgan fingerprint density at radius 2 is 1.90 bits per heavy atom. The maximum Gasteiger partial charge on any atom is 0.330 e. The number of carboxylic acid groups (broad SMARTS) is 1. The molecule has 3 atom stereocenters. The monoisotopic (exact) mass is 293 g/mol. The van der Waals surface area contributed by atoms with Crippen molar-refractivity contribution in [3.63, 3.8) is 0 Å². The molecule has 1 fully saturated rings. The molecular formula is C16H23NO4. The van der Waals surface area contributed by atoms with Crippen LogP contribution in [0, 0.1) is 0 Å². The van der Waals surface area contributed by atoms with Crippen LogP contribution in [0.3, 0.4) is 0 Å². The van der Waals surface area contributed by atoms with Gasteiger partial charge in [-0.2, -0.15) is 0 Å². The summed E-state index contributed by atoms with van der Waals surface area (Å²) in [5, 5.41) is 9.49. The highest BCUT2D eigenvalue weighted by Crippen LogP contribution is 2.25. The summed E-state index contributed by atoms with van der Waals surface area (Å²) in [5.41, 5.74) is 5.12. The zero-order valence-corrected chi connectivity index (χ0v) is 12.5. The summed E-state index contributed by atoms with van der Waals surface area (Å²) in [7, 11) is 0. The smallest absolute Gasteiger partial charge is 0.330 e. The molecule has 2 rings (SSSR count). The van der Waals surface area contributed by atoms with Gasteiger partial charge in [0.15, 0.2) is 5.54 Å². The molecule has 0 saturated carbocycles. The van der Waals surface area contributed by atoms with Crippen molar-refractivity contribution in [1.29, 1.82) is 0 Å². The minimum absolute atomic E-state index is 0.0188. The number of rotatable bonds is 5. The summed E-state index contributed by atoms with van der Waals surface area (Å²) in [4.78, 5) is 11.6. The Morgan fingerprint density at radius 3 is 2.43 bits per heavy atom. The third-order valence-electron chi connectivity index (χ3n) is 3.87. The number of carboxylic acids is 1. The second kappa shape index (κ2) is 6.56. The predicted molar refractivity (Wildman–Crippen MR) is 78.9 cm³/mol. The Bertz CT molecular complexity index is 468. The molecule has 0 aromatic heterocycles. The molecule has 116 valence electrons. The van der Waals surface area contributed by atoms with Gasteiger partial charge in [-0.1, -0.05) is 30.3 Å². The lowest BCUT2D eigenvalue weighted by Crippen LogP contribution is -2.50. The van der Waals surface area contributed by atoms with Crippen molar-refractivity contribution in [2.24, 2.45) is 5.73 Å². The van der Waals surface area contributed by atoms with Crippen LogP contribution >= 0.6 is 0 Å². The molecule has 0 aliphatic carbocycles. The molecule has 1 aliphatic heterocycles. The van der Waals surface area contributed by atoms with Crippen molar-refractivity contribution >= 4 is 5.97 Å². The molecule has 3 unspecified atom stereocenters. The Labute approximate surface area is 125 Å². The molecule has 0 spiro atoms. The first kappa shape index (κ1) is 15.9. The molecule has 3 N–H and O–H groups in total. The van der Waals surface area contributed by atoms with E-state index >= 15 is 0 Å². The van der Waals surface area contributed by atoms with Crippen molar-refractivity contribution < 1.29 is 19.4 Å². The quantitative estimate of drug-likeness (QED) is 0.866. The summed E-state index contributed by atoms with van der Waals surface area (Å²) < 4.78 is 11.5. The molecule has 1 aromatic carbocycles. The highest BCUT2D eigenvalue weighted by molar-refractivity contribution is 5.80. The van der Waals surface area contributed by atoms with Crippen LogP contribution in [0.25, 0.3) is 0 Å². The Kier molecular flexibility index (Phi) is 4.98. The van der Waals surface area contributed by atoms with Gasteiger partial charge in [-0.15, -0.1) is 0 Å². The lowest BCUT2D eigenvalue weighted by molar-refractivity contribution is -0.151. The van der Waals surface area contributed by atoms with E-state index in [1.165, 1.54) is 0 Å². The fourth-order valence-electron chi connectivity index (χ4n) is 2.73. The van der Waals surface area contributed by atoms with Crippen molar-refractivity contribution in [2.75, 3.05) is 6.61 Å². The predicted octanol–water partition coefficient (Wildman–Crippen LogP) is 1.90. The molecule has 1 aromatic rings. The van der Waals surface area contributed by atoms with Crippen LogP contribution in [0.1, 0.15) is 32.3 Å². The van der Waals surface area contributed by atoms with Crippen LogP contribution in [0.5, 0.6) is 0 Å². The second-order valence-corrected chi connectivity index (χ2v) is 5.80. The normalized spacial score (nSPS) is 28.8. The van der Waals surface area contributed by atoms with Crippen molar-refractivity contribution in [3.8, 4) is 0 Å². The highest BCUT2D eigenvalue weighted by atomic mass is 16.5. The van der Waals surface area contributed by atoms with E-state index in [2.05, 4.69) is 0 Å². The van der Waals surface area contributed by atoms with E-state index in [1.807, 2.05) is 19.9 Å². The molecule has 0 amide bonds. The molecular weight excluding hydrogens is 270 g/mol. The van der Waals surface area contributed by atoms with Gasteiger partial charge in [0.1, 0.15) is 0 Å². The van der Waals surface area contributed by atoms with Gasteiger partial charge in [0.2, 0.25) is 0 Å². The molecule has 1 aliphatic rings. The zero-order valence-electron chi connectivity index (χ0n) is 12.5. The molecule has 5 nitrogen and oxygen atoms in total. The van der Waals surface area contributed by atoms with Gasteiger partial charge in [0.25, 0.3) is 0 Å². The average Bonchev–Trinajstić information content (AvgIpc) is 2.44. The van der Waals surface area contributed by atoms with Gasteiger partial charge in [0, 0.05) is 0 Å². The van der Waals surface area contributed by atoms with E-state index in [9.17, 15) is 9.90 Å². The van der Waals surface area contributed by atoms with Gasteiger partial charge in [-0.3, -0.25) is 0 Å². The van der Waals surface area contributed by atoms with E-state index in [-0.39, 0.29) is 24.9 Å². The van der Waals surface area contributed by atoms with E-state index in [0.29, 0.717) is 5.56 Å². The first-order chi connectivity index (χ1) is 9.91. The first-order valence-corrected chi connectivity index (χ1v) is 7.26. The van der Waals surface area contributed by atoms with Crippen LogP contribution in [-0.4, -0.2) is 36.0 Å². The fourth-order valence-corrected chi connectivity index (χ4v) is 2.73. The van der Waals surface area contributed by atoms with Crippen molar-refractivity contribution in [3.05, 3.63) is 35.9 Å². The number of ether oxygens (including phenoxy) is 2. The summed E-state index contributed by atoms with van der Waals surface area (Å²) in [5.74, 6) is -1.08. The molecule has 1 saturated heterocycles. The van der Waals surface area contributed by atoms with Gasteiger partial charge >= 0.3 is 5.97 Å². The lowest BCUT2D eigenvalue weighted by atomic mass is 9.91. The molecule has 1 heterocycles. The van der Waals surface area contributed by atoms with Gasteiger partial charge in [-0.05, 0) is 32.3 Å². The third kappa shape index (κ3) is 3.81. The number of carbonyl (C=O) groups is 1. The van der Waals surface area contributed by atoms with E-state index in [1.54, 1.807) is 24.3 Å². The van der Waals surface area contributed by atoms with Gasteiger partial charge in [0.05, 0.1) is 24.9 Å². The largest absolute Gasteiger partial charge is 0.480 e. The summed E-state index contributed by atoms with van der Waals surface area (Å²) >= 11 is 0. The summed E-state index contributed by atoms with van der Waals surface area (Å²) in [6.45, 7) is 3.95. The van der Waals surface area contributed by atoms with E-state index in [0.717, 1.165) is 12.8 Å². The SMILES string of the molecule is CC1CC(OCC(N)(C(=O)O)c2ccccc2)CC(C)O1. The molecule has 0 radical (unpaired) electrons. The third-order valence-corrected chi connectivity index (χ3v) is 3.87. The molecule has 21 heavy (non-hydrogen) atoms. The number of aliphatic carboxylic acids is 1. The minimum Gasteiger partial charge on any atom is -0.480 e. The molecule has 0 bridgehead atoms. The van der Waals surface area contributed by atoms with E-state index in [4.69, 9.17) is 15.2 Å². The Balaban J connectivity index is 2.06. The summed E-state index contributed by atoms with van der Waals surface area (Å²) in [6.07, 6.45) is 1.73. The number of nitrogens with two attached hydrogens (primary N) is 1. The van der Waals surface area contributed by atoms with Crippen LogP contribution in [0.2, 0.25) is 0 Å². The van der Waals surface area contributed by atoms with Crippen LogP contribution in [0.4, 0.5) is 0 Å². The lowest BCUT2D eigenvalue weighted by Gasteiger charge is -2.34. The number of hydrogen-bond acceptors (Lipinski definition) is 4. The van der Waals surface area contributed by atoms with E-state index < -0.39 is 11.5 Å². The second-order valence-electron chi connectivity index (χ2n) is 5.80. The average molecular weight is 293 g/mol. The minimum atomic E-state index is -1.52. The zero-order chi connectivity index (χ0) is 15.5. The van der Waals surface area contributed by atoms with Crippen molar-refractivity contribution in [2.45, 2.75) is 50.5 Å². The maximum atomic E-state index is 11.6. The Hall–Kier alpha value is -1.43. The van der Waals surface area contributed by atoms with Crippen LogP contribution in [0.15, 0.2) is 30.3 Å². The number of benzene rings is 1. The first-order valence-electron chi connectivity index (χ1n) is 7.26. The van der Waals surface area contributed by atoms with Gasteiger partial charge in [-0.25, -0.2) is 4.79 Å². The van der Waals surface area contributed by atoms with Crippen LogP contribution in [-0.2, 0) is 19.8 Å². The standard InChI is InChI=1S/C16H23NO4/c1-11-8-14(9-12(2)21-11)20-10-16(17,15(18)19)13-6-4-3-5-7-13/h3-7,11-12,14H,8-10,17H2,1-2H3,(H,18,19). The van der Waals surface area contributed by atoms with Crippen LogP contribution < -0.4 is 5.73 Å². The topological polar surface area (TPSA) is 81.8 Å². The highest BCUT2D eigenvalue weighted by Gasteiger charge is 2.38. The van der Waals surface area contributed by atoms with Gasteiger partial charge < -0.3 is 20.3 Å². The molecule has 5 heteroatoms. The summed E-state index contributed by atoms with van der Waals surface area (Å²) in [6, 6.07) is 8.81. The Morgan fingerprint density at radius 1 is 1.33 bits per heavy atom. The maximum absolute atomic E-state index is 11.6. The fraction of sp³-hybridized carbons (Fsp3) is 0.562.